The van der Waals surface area contributed by atoms with Gasteiger partial charge in [-0.05, 0) is 44.9 Å². The third kappa shape index (κ3) is 6.57. The highest BCUT2D eigenvalue weighted by atomic mass is 19.1. The summed E-state index contributed by atoms with van der Waals surface area (Å²) >= 11 is 0. The van der Waals surface area contributed by atoms with Crippen molar-refractivity contribution >= 4 is 6.09 Å². The highest BCUT2D eigenvalue weighted by molar-refractivity contribution is 5.69. The molecule has 1 aliphatic heterocycles. The largest absolute Gasteiger partial charge is 0.493 e. The molecule has 1 aliphatic rings. The van der Waals surface area contributed by atoms with Crippen molar-refractivity contribution in [2.45, 2.75) is 59.6 Å². The molecule has 0 aliphatic carbocycles. The Balaban J connectivity index is 0.00000204. The van der Waals surface area contributed by atoms with E-state index >= 15 is 0 Å². The Labute approximate surface area is 174 Å². The van der Waals surface area contributed by atoms with Gasteiger partial charge in [0.2, 0.25) is 0 Å². The zero-order valence-electron chi connectivity index (χ0n) is 18.8. The van der Waals surface area contributed by atoms with Crippen LogP contribution in [0, 0.1) is 17.7 Å². The maximum absolute atomic E-state index is 14.6. The molecule has 3 N–H and O–H groups in total. The van der Waals surface area contributed by atoms with E-state index in [-0.39, 0.29) is 25.3 Å². The average molecular weight is 413 g/mol. The monoisotopic (exact) mass is 412 g/mol. The highest BCUT2D eigenvalue weighted by Gasteiger charge is 2.48. The van der Waals surface area contributed by atoms with Gasteiger partial charge < -0.3 is 25.2 Å². The number of hydrogen-bond acceptors (Lipinski definition) is 5. The maximum Gasteiger partial charge on any atom is 0.410 e. The maximum atomic E-state index is 14.6. The predicted molar refractivity (Wildman–Crippen MR) is 112 cm³/mol. The predicted octanol–water partition coefficient (Wildman–Crippen LogP) is 3.90. The van der Waals surface area contributed by atoms with Crippen LogP contribution in [0.15, 0.2) is 18.2 Å². The topological polar surface area (TPSA) is 85.0 Å². The molecular formula is C22H37FN2O4. The number of halogens is 1. The summed E-state index contributed by atoms with van der Waals surface area (Å²) in [5.74, 6) is -0.166. The van der Waals surface area contributed by atoms with E-state index in [1.54, 1.807) is 32.9 Å². The molecule has 2 rings (SSSR count). The van der Waals surface area contributed by atoms with Crippen LogP contribution in [-0.2, 0) is 10.3 Å². The molecule has 0 saturated carbocycles. The fraction of sp³-hybridized carbons (Fsp3) is 0.682. The van der Waals surface area contributed by atoms with Crippen molar-refractivity contribution in [2.75, 3.05) is 26.3 Å². The van der Waals surface area contributed by atoms with Gasteiger partial charge in [0.05, 0.1) is 12.1 Å². The summed E-state index contributed by atoms with van der Waals surface area (Å²) in [7, 11) is 0. The van der Waals surface area contributed by atoms with E-state index in [2.05, 4.69) is 0 Å². The van der Waals surface area contributed by atoms with E-state index in [4.69, 9.17) is 15.2 Å². The number of carbonyl (C=O) groups excluding carboxylic acids is 1. The number of nitrogens with two attached hydrogens (primary N) is 1. The smallest absolute Gasteiger partial charge is 0.410 e. The molecule has 6 nitrogen and oxygen atoms in total. The van der Waals surface area contributed by atoms with E-state index in [1.807, 2.05) is 27.7 Å². The van der Waals surface area contributed by atoms with Gasteiger partial charge in [-0.3, -0.25) is 0 Å². The van der Waals surface area contributed by atoms with Gasteiger partial charge >= 0.3 is 6.09 Å². The molecule has 2 atom stereocenters. The van der Waals surface area contributed by atoms with E-state index < -0.39 is 29.0 Å². The van der Waals surface area contributed by atoms with Crippen molar-refractivity contribution in [3.8, 4) is 5.75 Å². The molecule has 1 saturated heterocycles. The first-order valence-corrected chi connectivity index (χ1v) is 10.3. The Morgan fingerprint density at radius 2 is 2.00 bits per heavy atom. The van der Waals surface area contributed by atoms with E-state index in [1.165, 1.54) is 11.0 Å². The number of rotatable bonds is 5. The van der Waals surface area contributed by atoms with Crippen LogP contribution in [0.4, 0.5) is 9.18 Å². The first-order chi connectivity index (χ1) is 13.5. The molecule has 0 radical (unpaired) electrons. The van der Waals surface area contributed by atoms with Crippen LogP contribution in [-0.4, -0.2) is 48.0 Å². The van der Waals surface area contributed by atoms with Gasteiger partial charge in [-0.1, -0.05) is 27.7 Å². The van der Waals surface area contributed by atoms with Crippen LogP contribution in [0.25, 0.3) is 0 Å². The summed E-state index contributed by atoms with van der Waals surface area (Å²) in [5.41, 5.74) is 4.90. The van der Waals surface area contributed by atoms with Crippen LogP contribution in [0.1, 0.15) is 54.0 Å². The summed E-state index contributed by atoms with van der Waals surface area (Å²) in [6.07, 6.45) is -0.527. The molecule has 1 aromatic carbocycles. The molecule has 0 aromatic heterocycles. The number of amides is 1. The number of nitrogens with zero attached hydrogens (tertiary/aromatic N) is 1. The molecule has 166 valence electrons. The lowest BCUT2D eigenvalue weighted by Crippen LogP contribution is -2.47. The third-order valence-electron chi connectivity index (χ3n) is 4.52. The van der Waals surface area contributed by atoms with Crippen LogP contribution in [0.2, 0.25) is 0 Å². The van der Waals surface area contributed by atoms with Crippen molar-refractivity contribution in [3.63, 3.8) is 0 Å². The number of aliphatic hydroxyl groups is 1. The molecule has 1 heterocycles. The number of carbonyl (C=O) groups is 1. The number of aliphatic hydroxyl groups excluding tert-OH is 1. The number of ether oxygens (including phenoxy) is 2. The molecule has 1 fully saturated rings. The van der Waals surface area contributed by atoms with Gasteiger partial charge in [0, 0.05) is 31.2 Å². The summed E-state index contributed by atoms with van der Waals surface area (Å²) in [6, 6.07) is 4.43. The Morgan fingerprint density at radius 3 is 2.52 bits per heavy atom. The van der Waals surface area contributed by atoms with E-state index in [9.17, 15) is 14.3 Å². The van der Waals surface area contributed by atoms with E-state index in [0.717, 1.165) is 0 Å². The fourth-order valence-electron chi connectivity index (χ4n) is 3.14. The minimum atomic E-state index is -1.23. The second kappa shape index (κ2) is 10.3. The summed E-state index contributed by atoms with van der Waals surface area (Å²) in [4.78, 5) is 13.8. The van der Waals surface area contributed by atoms with Gasteiger partial charge in [0.25, 0.3) is 0 Å². The summed E-state index contributed by atoms with van der Waals surface area (Å²) in [5, 5.41) is 9.82. The van der Waals surface area contributed by atoms with Crippen molar-refractivity contribution in [3.05, 3.63) is 29.6 Å². The van der Waals surface area contributed by atoms with Crippen molar-refractivity contribution in [1.82, 2.24) is 4.90 Å². The molecular weight excluding hydrogens is 375 g/mol. The van der Waals surface area contributed by atoms with Crippen molar-refractivity contribution in [2.24, 2.45) is 17.6 Å². The molecule has 1 aromatic rings. The van der Waals surface area contributed by atoms with Gasteiger partial charge in [0.15, 0.2) is 0 Å². The molecule has 29 heavy (non-hydrogen) atoms. The van der Waals surface area contributed by atoms with Gasteiger partial charge in [-0.15, -0.1) is 0 Å². The first-order valence-electron chi connectivity index (χ1n) is 10.3. The Kier molecular flexibility index (Phi) is 8.90. The third-order valence-corrected chi connectivity index (χ3v) is 4.52. The SMILES string of the molecule is CC.CC(C)COc1ccc(F)c([C@]2(N)CN(C(=O)OC(C)(C)C)CC2CO)c1. The number of likely N-dealkylation sites (tertiary alicyclic amines) is 1. The molecule has 1 unspecified atom stereocenters. The molecule has 0 bridgehead atoms. The molecule has 7 heteroatoms. The second-order valence-electron chi connectivity index (χ2n) is 8.63. The lowest BCUT2D eigenvalue weighted by molar-refractivity contribution is 0.0279. The van der Waals surface area contributed by atoms with Gasteiger partial charge in [-0.25, -0.2) is 9.18 Å². The lowest BCUT2D eigenvalue weighted by atomic mass is 9.81. The Hall–Kier alpha value is -1.86. The van der Waals surface area contributed by atoms with Crippen LogP contribution < -0.4 is 10.5 Å². The quantitative estimate of drug-likeness (QED) is 0.766. The van der Waals surface area contributed by atoms with Crippen molar-refractivity contribution in [1.29, 1.82) is 0 Å². The van der Waals surface area contributed by atoms with Crippen LogP contribution in [0.3, 0.4) is 0 Å². The lowest BCUT2D eigenvalue weighted by Gasteiger charge is -2.30. The number of hydrogen-bond donors (Lipinski definition) is 2. The molecule has 1 amide bonds. The zero-order chi connectivity index (χ0) is 22.4. The zero-order valence-corrected chi connectivity index (χ0v) is 18.8. The van der Waals surface area contributed by atoms with Crippen LogP contribution in [0.5, 0.6) is 5.75 Å². The van der Waals surface area contributed by atoms with Crippen molar-refractivity contribution < 1.29 is 23.8 Å². The summed E-state index contributed by atoms with van der Waals surface area (Å²) in [6.45, 7) is 13.8. The minimum absolute atomic E-state index is 0.0533. The standard InChI is InChI=1S/C20H31FN2O4.C2H6/c1-13(2)11-26-15-6-7-17(21)16(8-15)20(22)12-23(9-14(20)10-24)18(25)27-19(3,4)5;1-2/h6-8,13-14,24H,9-12,22H2,1-5H3;1-2H3/t14?,20-;/m0./s1. The Bertz CT molecular complexity index is 675. The van der Waals surface area contributed by atoms with E-state index in [0.29, 0.717) is 18.3 Å². The number of benzene rings is 1. The summed E-state index contributed by atoms with van der Waals surface area (Å²) < 4.78 is 25.7. The average Bonchev–Trinajstić information content (AvgIpc) is 2.99. The highest BCUT2D eigenvalue weighted by Crippen LogP contribution is 2.38. The van der Waals surface area contributed by atoms with Gasteiger partial charge in [-0.2, -0.15) is 0 Å². The first kappa shape index (κ1) is 25.2. The minimum Gasteiger partial charge on any atom is -0.493 e. The normalized spacial score (nSPS) is 21.6. The Morgan fingerprint density at radius 1 is 1.38 bits per heavy atom. The second-order valence-corrected chi connectivity index (χ2v) is 8.63. The van der Waals surface area contributed by atoms with Crippen LogP contribution >= 0.6 is 0 Å². The molecule has 0 spiro atoms. The van der Waals surface area contributed by atoms with Gasteiger partial charge in [0.1, 0.15) is 17.2 Å². The fourth-order valence-corrected chi connectivity index (χ4v) is 3.14.